The molecular formula is C15H20Si. The Bertz CT molecular complexity index is 452. The Morgan fingerprint density at radius 1 is 1.25 bits per heavy atom. The third kappa shape index (κ3) is 1.69. The molecule has 0 N–H and O–H groups in total. The number of fused-ring (bicyclic) bond motifs is 1. The highest BCUT2D eigenvalue weighted by Gasteiger charge is 2.35. The molecule has 1 aromatic carbocycles. The molecule has 2 rings (SSSR count). The lowest BCUT2D eigenvalue weighted by molar-refractivity contribution is 0.926. The smallest absolute Gasteiger partial charge is 0.0959 e. The molecule has 0 aliphatic carbocycles. The Labute approximate surface area is 99.7 Å². The Balaban J connectivity index is 2.42. The Morgan fingerprint density at radius 2 is 1.94 bits per heavy atom. The summed E-state index contributed by atoms with van der Waals surface area (Å²) in [7, 11) is -1.43. The van der Waals surface area contributed by atoms with Gasteiger partial charge in [0.2, 0.25) is 0 Å². The molecule has 1 aliphatic rings. The zero-order valence-electron chi connectivity index (χ0n) is 10.5. The molecule has 0 fully saturated rings. The second kappa shape index (κ2) is 4.06. The van der Waals surface area contributed by atoms with E-state index in [1.807, 2.05) is 0 Å². The first kappa shape index (κ1) is 11.4. The van der Waals surface area contributed by atoms with E-state index < -0.39 is 8.07 Å². The number of hydrogen-bond donors (Lipinski definition) is 0. The van der Waals surface area contributed by atoms with Gasteiger partial charge >= 0.3 is 0 Å². The Hall–Kier alpha value is -1.08. The maximum Gasteiger partial charge on any atom is 0.113 e. The van der Waals surface area contributed by atoms with Gasteiger partial charge in [-0.2, -0.15) is 0 Å². The molecule has 0 bridgehead atoms. The van der Waals surface area contributed by atoms with Gasteiger partial charge in [-0.1, -0.05) is 74.1 Å². The number of allylic oxidation sites excluding steroid dienone is 2. The van der Waals surface area contributed by atoms with E-state index in [4.69, 9.17) is 0 Å². The van der Waals surface area contributed by atoms with Crippen molar-refractivity contribution in [3.63, 3.8) is 0 Å². The van der Waals surface area contributed by atoms with Crippen LogP contribution in [0, 0.1) is 0 Å². The van der Waals surface area contributed by atoms with Crippen molar-refractivity contribution >= 4 is 19.3 Å². The summed E-state index contributed by atoms with van der Waals surface area (Å²) in [6.07, 6.45) is 4.70. The normalized spacial score (nSPS) is 16.8. The minimum atomic E-state index is -1.43. The molecule has 0 atom stereocenters. The third-order valence-electron chi connectivity index (χ3n) is 3.54. The van der Waals surface area contributed by atoms with Crippen molar-refractivity contribution in [2.24, 2.45) is 0 Å². The van der Waals surface area contributed by atoms with E-state index in [9.17, 15) is 0 Å². The fourth-order valence-electron chi connectivity index (χ4n) is 2.65. The first-order valence-electron chi connectivity index (χ1n) is 6.07. The highest BCUT2D eigenvalue weighted by molar-refractivity contribution is 6.98. The summed E-state index contributed by atoms with van der Waals surface area (Å²) in [6.45, 7) is 11.4. The van der Waals surface area contributed by atoms with Gasteiger partial charge in [0.05, 0.1) is 0 Å². The number of benzene rings is 1. The first-order valence-corrected chi connectivity index (χ1v) is 9.07. The van der Waals surface area contributed by atoms with Crippen LogP contribution in [0.25, 0.3) is 6.08 Å². The maximum atomic E-state index is 4.27. The predicted molar refractivity (Wildman–Crippen MR) is 75.6 cm³/mol. The summed E-state index contributed by atoms with van der Waals surface area (Å²) in [5.41, 5.74) is 2.78. The average molecular weight is 228 g/mol. The first-order chi connectivity index (χ1) is 7.57. The summed E-state index contributed by atoms with van der Waals surface area (Å²) in [5.74, 6) is 0. The molecule has 0 aromatic heterocycles. The molecule has 0 spiro atoms. The molecule has 0 amide bonds. The monoisotopic (exact) mass is 228 g/mol. The lowest BCUT2D eigenvalue weighted by Gasteiger charge is -2.23. The van der Waals surface area contributed by atoms with Crippen LogP contribution in [-0.2, 0) is 0 Å². The summed E-state index contributed by atoms with van der Waals surface area (Å²) in [6, 6.07) is 8.82. The second-order valence-electron chi connectivity index (χ2n) is 5.12. The second-order valence-corrected chi connectivity index (χ2v) is 9.45. The highest BCUT2D eigenvalue weighted by atomic mass is 28.3. The Morgan fingerprint density at radius 3 is 2.56 bits per heavy atom. The molecule has 1 aliphatic heterocycles. The number of rotatable bonds is 3. The van der Waals surface area contributed by atoms with Crippen LogP contribution < -0.4 is 5.19 Å². The third-order valence-corrected chi connectivity index (χ3v) is 7.19. The van der Waals surface area contributed by atoms with E-state index in [1.165, 1.54) is 17.6 Å². The summed E-state index contributed by atoms with van der Waals surface area (Å²) < 4.78 is 0. The van der Waals surface area contributed by atoms with Gasteiger partial charge in [0.25, 0.3) is 0 Å². The van der Waals surface area contributed by atoms with Crippen LogP contribution in [0.4, 0.5) is 0 Å². The van der Waals surface area contributed by atoms with Crippen LogP contribution in [0.3, 0.4) is 0 Å². The van der Waals surface area contributed by atoms with Gasteiger partial charge < -0.3 is 0 Å². The van der Waals surface area contributed by atoms with Gasteiger partial charge in [-0.25, -0.2) is 0 Å². The topological polar surface area (TPSA) is 0 Å². The summed E-state index contributed by atoms with van der Waals surface area (Å²) in [4.78, 5) is 0. The molecule has 1 aromatic rings. The van der Waals surface area contributed by atoms with Crippen molar-refractivity contribution in [1.29, 1.82) is 0 Å². The fourth-order valence-corrected chi connectivity index (χ4v) is 5.86. The van der Waals surface area contributed by atoms with E-state index in [2.05, 4.69) is 56.9 Å². The van der Waals surface area contributed by atoms with Crippen LogP contribution in [0.5, 0.6) is 0 Å². The largest absolute Gasteiger partial charge is 0.113 e. The molecule has 0 saturated carbocycles. The van der Waals surface area contributed by atoms with Crippen LogP contribution in [0.1, 0.15) is 25.3 Å². The molecule has 0 unspecified atom stereocenters. The van der Waals surface area contributed by atoms with Crippen molar-refractivity contribution < 1.29 is 0 Å². The molecule has 84 valence electrons. The molecule has 0 saturated heterocycles. The van der Waals surface area contributed by atoms with Crippen LogP contribution in [0.2, 0.25) is 13.1 Å². The van der Waals surface area contributed by atoms with E-state index >= 15 is 0 Å². The van der Waals surface area contributed by atoms with Crippen LogP contribution in [0.15, 0.2) is 41.6 Å². The fraction of sp³-hybridized carbons (Fsp3) is 0.333. The molecule has 16 heavy (non-hydrogen) atoms. The SMILES string of the molecule is C=C(CCC)C1=Cc2ccccc2[Si]1(C)C. The van der Waals surface area contributed by atoms with Crippen LogP contribution >= 0.6 is 0 Å². The lowest BCUT2D eigenvalue weighted by atomic mass is 10.1. The minimum absolute atomic E-state index is 1.14. The van der Waals surface area contributed by atoms with Gasteiger partial charge in [0.15, 0.2) is 0 Å². The van der Waals surface area contributed by atoms with E-state index in [-0.39, 0.29) is 0 Å². The van der Waals surface area contributed by atoms with Crippen molar-refractivity contribution in [2.75, 3.05) is 0 Å². The van der Waals surface area contributed by atoms with Crippen molar-refractivity contribution in [3.05, 3.63) is 47.2 Å². The minimum Gasteiger partial charge on any atom is -0.0959 e. The quantitative estimate of drug-likeness (QED) is 0.688. The summed E-state index contributed by atoms with van der Waals surface area (Å²) >= 11 is 0. The number of hydrogen-bond acceptors (Lipinski definition) is 0. The Kier molecular flexibility index (Phi) is 2.89. The van der Waals surface area contributed by atoms with Gasteiger partial charge in [-0.3, -0.25) is 0 Å². The van der Waals surface area contributed by atoms with Gasteiger partial charge in [0, 0.05) is 0 Å². The standard InChI is InChI=1S/C15H20Si/c1-5-8-12(2)15-11-13-9-6-7-10-14(13)16(15,3)4/h6-7,9-11H,2,5,8H2,1,3-4H3. The van der Waals surface area contributed by atoms with Gasteiger partial charge in [0.1, 0.15) is 8.07 Å². The van der Waals surface area contributed by atoms with Crippen molar-refractivity contribution in [2.45, 2.75) is 32.9 Å². The summed E-state index contributed by atoms with van der Waals surface area (Å²) in [5, 5.41) is 3.12. The molecular weight excluding hydrogens is 208 g/mol. The zero-order chi connectivity index (χ0) is 11.8. The van der Waals surface area contributed by atoms with Crippen molar-refractivity contribution in [3.8, 4) is 0 Å². The van der Waals surface area contributed by atoms with Gasteiger partial charge in [-0.15, -0.1) is 0 Å². The molecule has 0 radical (unpaired) electrons. The van der Waals surface area contributed by atoms with Crippen molar-refractivity contribution in [1.82, 2.24) is 0 Å². The lowest BCUT2D eigenvalue weighted by Crippen LogP contribution is -2.41. The van der Waals surface area contributed by atoms with E-state index in [0.717, 1.165) is 6.42 Å². The predicted octanol–water partition coefficient (Wildman–Crippen LogP) is 3.89. The van der Waals surface area contributed by atoms with Gasteiger partial charge in [-0.05, 0) is 17.2 Å². The highest BCUT2D eigenvalue weighted by Crippen LogP contribution is 2.32. The van der Waals surface area contributed by atoms with E-state index in [1.54, 1.807) is 10.4 Å². The zero-order valence-corrected chi connectivity index (χ0v) is 11.5. The average Bonchev–Trinajstić information content (AvgIpc) is 2.52. The molecule has 1 heteroatoms. The maximum absolute atomic E-state index is 4.27. The molecule has 0 nitrogen and oxygen atoms in total. The van der Waals surface area contributed by atoms with Crippen LogP contribution in [-0.4, -0.2) is 8.07 Å². The molecule has 1 heterocycles. The van der Waals surface area contributed by atoms with E-state index in [0.29, 0.717) is 0 Å².